The van der Waals surface area contributed by atoms with Crippen molar-refractivity contribution in [2.75, 3.05) is 20.2 Å². The number of nitrogens with zero attached hydrogens (tertiary/aromatic N) is 1. The molecule has 5 heteroatoms. The third-order valence-electron chi connectivity index (χ3n) is 5.40. The molecular formula is C18H23NO4. The predicted octanol–water partition coefficient (Wildman–Crippen LogP) is 1.25. The van der Waals surface area contributed by atoms with Crippen LogP contribution in [-0.2, 0) is 20.9 Å². The van der Waals surface area contributed by atoms with Crippen LogP contribution in [-0.4, -0.2) is 48.1 Å². The maximum atomic E-state index is 12.9. The number of aliphatic hydroxyl groups excluding tert-OH is 1. The van der Waals surface area contributed by atoms with Crippen molar-refractivity contribution < 1.29 is 19.4 Å². The van der Waals surface area contributed by atoms with E-state index < -0.39 is 23.4 Å². The summed E-state index contributed by atoms with van der Waals surface area (Å²) in [5.74, 6) is -1.36. The molecule has 1 aromatic rings. The van der Waals surface area contributed by atoms with E-state index in [0.29, 0.717) is 26.1 Å². The lowest BCUT2D eigenvalue weighted by molar-refractivity contribution is -0.180. The molecule has 23 heavy (non-hydrogen) atoms. The molecule has 124 valence electrons. The highest BCUT2D eigenvalue weighted by atomic mass is 16.5. The van der Waals surface area contributed by atoms with Crippen LogP contribution in [0.15, 0.2) is 30.3 Å². The molecule has 2 aliphatic rings. The van der Waals surface area contributed by atoms with E-state index in [9.17, 15) is 14.7 Å². The largest absolute Gasteiger partial charge is 0.468 e. The highest BCUT2D eigenvalue weighted by Crippen LogP contribution is 2.46. The Morgan fingerprint density at radius 1 is 1.39 bits per heavy atom. The minimum absolute atomic E-state index is 0.153. The first-order valence-electron chi connectivity index (χ1n) is 8.06. The van der Waals surface area contributed by atoms with Gasteiger partial charge in [0, 0.05) is 19.6 Å². The standard InChI is InChI=1S/C18H23NO4/c1-12-8-15(20)14-10-19(9-13-6-4-3-5-7-13)11-18(12,16(14)21)17(22)23-2/h3-7,12,14-15,20H,8-11H2,1-2H3/t12-,14-,15+,18-/m1/s1. The minimum atomic E-state index is -1.15. The quantitative estimate of drug-likeness (QED) is 0.671. The van der Waals surface area contributed by atoms with Gasteiger partial charge in [0.15, 0.2) is 5.78 Å². The first-order valence-corrected chi connectivity index (χ1v) is 8.06. The number of ketones is 1. The van der Waals surface area contributed by atoms with Gasteiger partial charge >= 0.3 is 5.97 Å². The SMILES string of the molecule is COC(=O)[C@@]12CN(Cc3ccccc3)C[C@@H](C1=O)[C@@H](O)C[C@H]2C. The Labute approximate surface area is 136 Å². The average molecular weight is 317 g/mol. The Kier molecular flexibility index (Phi) is 4.25. The molecule has 5 nitrogen and oxygen atoms in total. The maximum Gasteiger partial charge on any atom is 0.320 e. The summed E-state index contributed by atoms with van der Waals surface area (Å²) in [6.45, 7) is 3.36. The summed E-state index contributed by atoms with van der Waals surface area (Å²) in [6.07, 6.45) is -0.223. The van der Waals surface area contributed by atoms with Crippen molar-refractivity contribution in [1.29, 1.82) is 0 Å². The topological polar surface area (TPSA) is 66.8 Å². The molecule has 1 saturated heterocycles. The first-order chi connectivity index (χ1) is 11.0. The number of carbonyl (C=O) groups is 2. The van der Waals surface area contributed by atoms with Crippen LogP contribution in [0.5, 0.6) is 0 Å². The normalized spacial score (nSPS) is 34.2. The zero-order valence-corrected chi connectivity index (χ0v) is 13.6. The van der Waals surface area contributed by atoms with Crippen molar-refractivity contribution in [2.45, 2.75) is 26.0 Å². The molecule has 0 amide bonds. The molecule has 1 aliphatic heterocycles. The molecular weight excluding hydrogens is 294 g/mol. The van der Waals surface area contributed by atoms with Crippen molar-refractivity contribution in [3.05, 3.63) is 35.9 Å². The molecule has 1 heterocycles. The third-order valence-corrected chi connectivity index (χ3v) is 5.40. The Morgan fingerprint density at radius 3 is 2.74 bits per heavy atom. The maximum absolute atomic E-state index is 12.9. The van der Waals surface area contributed by atoms with Gasteiger partial charge in [-0.2, -0.15) is 0 Å². The molecule has 2 bridgehead atoms. The number of hydrogen-bond donors (Lipinski definition) is 1. The third kappa shape index (κ3) is 2.58. The number of rotatable bonds is 3. The van der Waals surface area contributed by atoms with Crippen LogP contribution in [0.25, 0.3) is 0 Å². The lowest BCUT2D eigenvalue weighted by Crippen LogP contribution is -2.66. The number of methoxy groups -OCH3 is 1. The Hall–Kier alpha value is -1.72. The fraction of sp³-hybridized carbons (Fsp3) is 0.556. The number of aliphatic hydroxyl groups is 1. The number of ether oxygens (including phenoxy) is 1. The highest BCUT2D eigenvalue weighted by molar-refractivity contribution is 6.07. The van der Waals surface area contributed by atoms with Gasteiger partial charge in [0.1, 0.15) is 5.41 Å². The second-order valence-electron chi connectivity index (χ2n) is 6.79. The summed E-state index contributed by atoms with van der Waals surface area (Å²) in [4.78, 5) is 27.4. The van der Waals surface area contributed by atoms with E-state index >= 15 is 0 Å². The number of piperidine rings is 1. The Bertz CT molecular complexity index is 602. The van der Waals surface area contributed by atoms with Crippen LogP contribution in [0.4, 0.5) is 0 Å². The van der Waals surface area contributed by atoms with Crippen LogP contribution in [0.1, 0.15) is 18.9 Å². The van der Waals surface area contributed by atoms with Gasteiger partial charge in [0.2, 0.25) is 0 Å². The fourth-order valence-corrected chi connectivity index (χ4v) is 4.12. The average Bonchev–Trinajstić information content (AvgIpc) is 2.54. The van der Waals surface area contributed by atoms with Crippen LogP contribution in [0.2, 0.25) is 0 Å². The van der Waals surface area contributed by atoms with Crippen molar-refractivity contribution in [2.24, 2.45) is 17.3 Å². The molecule has 1 saturated carbocycles. The van der Waals surface area contributed by atoms with Gasteiger partial charge in [-0.05, 0) is 17.9 Å². The van der Waals surface area contributed by atoms with Crippen molar-refractivity contribution in [3.63, 3.8) is 0 Å². The highest BCUT2D eigenvalue weighted by Gasteiger charge is 2.61. The summed E-state index contributed by atoms with van der Waals surface area (Å²) in [5.41, 5.74) is -0.0202. The number of carbonyl (C=O) groups excluding carboxylic acids is 2. The molecule has 0 unspecified atom stereocenters. The number of Topliss-reactive ketones (excluding diaryl/α,β-unsaturated/α-hetero) is 1. The van der Waals surface area contributed by atoms with E-state index in [1.54, 1.807) is 0 Å². The van der Waals surface area contributed by atoms with E-state index in [2.05, 4.69) is 4.90 Å². The van der Waals surface area contributed by atoms with Crippen LogP contribution < -0.4 is 0 Å². The lowest BCUT2D eigenvalue weighted by atomic mass is 9.59. The van der Waals surface area contributed by atoms with E-state index in [-0.39, 0.29) is 11.7 Å². The van der Waals surface area contributed by atoms with Gasteiger partial charge in [-0.3, -0.25) is 14.5 Å². The zero-order valence-electron chi connectivity index (χ0n) is 13.6. The number of esters is 1. The predicted molar refractivity (Wildman–Crippen MR) is 84.5 cm³/mol. The monoisotopic (exact) mass is 317 g/mol. The van der Waals surface area contributed by atoms with Crippen molar-refractivity contribution in [1.82, 2.24) is 4.90 Å². The zero-order chi connectivity index (χ0) is 16.6. The molecule has 0 spiro atoms. The van der Waals surface area contributed by atoms with Gasteiger partial charge in [-0.15, -0.1) is 0 Å². The van der Waals surface area contributed by atoms with Crippen LogP contribution in [0.3, 0.4) is 0 Å². The van der Waals surface area contributed by atoms with E-state index in [0.717, 1.165) is 5.56 Å². The Morgan fingerprint density at radius 2 is 2.09 bits per heavy atom. The molecule has 3 rings (SSSR count). The summed E-state index contributed by atoms with van der Waals surface area (Å²) in [5, 5.41) is 10.3. The number of likely N-dealkylation sites (tertiary alicyclic amines) is 1. The molecule has 0 radical (unpaired) electrons. The molecule has 0 aromatic heterocycles. The molecule has 1 aromatic carbocycles. The van der Waals surface area contributed by atoms with Crippen molar-refractivity contribution >= 4 is 11.8 Å². The van der Waals surface area contributed by atoms with Gasteiger partial charge in [0.25, 0.3) is 0 Å². The molecule has 4 atom stereocenters. The van der Waals surface area contributed by atoms with Crippen LogP contribution >= 0.6 is 0 Å². The van der Waals surface area contributed by atoms with Crippen molar-refractivity contribution in [3.8, 4) is 0 Å². The summed E-state index contributed by atoms with van der Waals surface area (Å²) < 4.78 is 4.97. The molecule has 1 N–H and O–H groups in total. The van der Waals surface area contributed by atoms with E-state index in [4.69, 9.17) is 4.74 Å². The number of benzene rings is 1. The number of hydrogen-bond acceptors (Lipinski definition) is 5. The summed E-state index contributed by atoms with van der Waals surface area (Å²) in [7, 11) is 1.33. The fourth-order valence-electron chi connectivity index (χ4n) is 4.12. The Balaban J connectivity index is 1.92. The first kappa shape index (κ1) is 16.1. The lowest BCUT2D eigenvalue weighted by Gasteiger charge is -2.51. The molecule has 2 fully saturated rings. The summed E-state index contributed by atoms with van der Waals surface area (Å²) in [6, 6.07) is 9.95. The van der Waals surface area contributed by atoms with E-state index in [1.807, 2.05) is 37.3 Å². The van der Waals surface area contributed by atoms with E-state index in [1.165, 1.54) is 7.11 Å². The minimum Gasteiger partial charge on any atom is -0.468 e. The number of fused-ring (bicyclic) bond motifs is 2. The van der Waals surface area contributed by atoms with Gasteiger partial charge in [0.05, 0.1) is 19.1 Å². The summed E-state index contributed by atoms with van der Waals surface area (Å²) >= 11 is 0. The second kappa shape index (κ2) is 6.06. The molecule has 1 aliphatic carbocycles. The van der Waals surface area contributed by atoms with Gasteiger partial charge in [-0.1, -0.05) is 37.3 Å². The van der Waals surface area contributed by atoms with Gasteiger partial charge < -0.3 is 9.84 Å². The van der Waals surface area contributed by atoms with Crippen LogP contribution in [0, 0.1) is 17.3 Å². The van der Waals surface area contributed by atoms with Gasteiger partial charge in [-0.25, -0.2) is 0 Å². The second-order valence-corrected chi connectivity index (χ2v) is 6.79. The smallest absolute Gasteiger partial charge is 0.320 e.